The third-order valence-corrected chi connectivity index (χ3v) is 4.49. The summed E-state index contributed by atoms with van der Waals surface area (Å²) in [5.41, 5.74) is -0.438. The van der Waals surface area contributed by atoms with Crippen LogP contribution in [-0.4, -0.2) is 35.0 Å². The predicted octanol–water partition coefficient (Wildman–Crippen LogP) is 1.82. The quantitative estimate of drug-likeness (QED) is 0.704. The van der Waals surface area contributed by atoms with Crippen LogP contribution >= 0.6 is 0 Å². The molecule has 0 bridgehead atoms. The molecule has 0 atom stereocenters. The number of hydrogen-bond donors (Lipinski definition) is 3. The van der Waals surface area contributed by atoms with Crippen LogP contribution < -0.4 is 5.32 Å². The summed E-state index contributed by atoms with van der Waals surface area (Å²) in [7, 11) is 0. The van der Waals surface area contributed by atoms with Gasteiger partial charge in [-0.05, 0) is 51.0 Å². The van der Waals surface area contributed by atoms with Crippen LogP contribution in [-0.2, 0) is 0 Å². The van der Waals surface area contributed by atoms with E-state index in [9.17, 15) is 10.2 Å². The van der Waals surface area contributed by atoms with Crippen LogP contribution in [0.4, 0.5) is 0 Å². The number of rotatable bonds is 4. The standard InChI is InChI=1S/C14H27NO2/c16-13-6-4-12(5-7-13)10-15-11-14(17)8-2-1-3-9-14/h12-13,15-17H,1-11H2. The molecule has 2 aliphatic rings. The normalized spacial score (nSPS) is 33.5. The lowest BCUT2D eigenvalue weighted by atomic mass is 9.84. The van der Waals surface area contributed by atoms with E-state index in [1.165, 1.54) is 19.3 Å². The van der Waals surface area contributed by atoms with Crippen LogP contribution in [0.25, 0.3) is 0 Å². The zero-order valence-corrected chi connectivity index (χ0v) is 10.8. The number of hydrogen-bond acceptors (Lipinski definition) is 3. The molecule has 0 aliphatic heterocycles. The van der Waals surface area contributed by atoms with Gasteiger partial charge in [0.15, 0.2) is 0 Å². The Morgan fingerprint density at radius 1 is 1.00 bits per heavy atom. The molecule has 100 valence electrons. The minimum Gasteiger partial charge on any atom is -0.393 e. The zero-order chi connectivity index (χ0) is 12.1. The summed E-state index contributed by atoms with van der Waals surface area (Å²) >= 11 is 0. The van der Waals surface area contributed by atoms with Gasteiger partial charge < -0.3 is 15.5 Å². The van der Waals surface area contributed by atoms with E-state index in [1.54, 1.807) is 0 Å². The molecule has 3 nitrogen and oxygen atoms in total. The van der Waals surface area contributed by atoms with E-state index in [4.69, 9.17) is 0 Å². The summed E-state index contributed by atoms with van der Waals surface area (Å²) in [6.07, 6.45) is 9.66. The van der Waals surface area contributed by atoms with Gasteiger partial charge in [0.1, 0.15) is 0 Å². The van der Waals surface area contributed by atoms with Crippen molar-refractivity contribution in [1.82, 2.24) is 5.32 Å². The first-order chi connectivity index (χ1) is 8.18. The van der Waals surface area contributed by atoms with Crippen LogP contribution in [0, 0.1) is 5.92 Å². The molecular formula is C14H27NO2. The molecule has 0 aromatic rings. The lowest BCUT2D eigenvalue weighted by Crippen LogP contribution is -2.43. The molecule has 2 rings (SSSR count). The fourth-order valence-electron chi connectivity index (χ4n) is 3.24. The lowest BCUT2D eigenvalue weighted by Gasteiger charge is -2.33. The molecule has 2 saturated carbocycles. The second-order valence-corrected chi connectivity index (χ2v) is 6.09. The molecule has 17 heavy (non-hydrogen) atoms. The lowest BCUT2D eigenvalue weighted by molar-refractivity contribution is 0.00345. The highest BCUT2D eigenvalue weighted by Gasteiger charge is 2.29. The molecule has 2 aliphatic carbocycles. The van der Waals surface area contributed by atoms with E-state index in [2.05, 4.69) is 5.32 Å². The maximum Gasteiger partial charge on any atom is 0.0771 e. The minimum atomic E-state index is -0.438. The average Bonchev–Trinajstić information content (AvgIpc) is 2.32. The van der Waals surface area contributed by atoms with Crippen LogP contribution in [0.3, 0.4) is 0 Å². The highest BCUT2D eigenvalue weighted by Crippen LogP contribution is 2.28. The summed E-state index contributed by atoms with van der Waals surface area (Å²) in [4.78, 5) is 0. The molecular weight excluding hydrogens is 214 g/mol. The average molecular weight is 241 g/mol. The Bertz CT molecular complexity index is 218. The van der Waals surface area contributed by atoms with Gasteiger partial charge in [-0.2, -0.15) is 0 Å². The van der Waals surface area contributed by atoms with Crippen LogP contribution in [0.1, 0.15) is 57.8 Å². The molecule has 0 amide bonds. The van der Waals surface area contributed by atoms with Crippen molar-refractivity contribution in [3.63, 3.8) is 0 Å². The van der Waals surface area contributed by atoms with Gasteiger partial charge in [0, 0.05) is 6.54 Å². The smallest absolute Gasteiger partial charge is 0.0771 e. The number of nitrogens with one attached hydrogen (secondary N) is 1. The first-order valence-corrected chi connectivity index (χ1v) is 7.29. The Morgan fingerprint density at radius 3 is 2.29 bits per heavy atom. The van der Waals surface area contributed by atoms with Gasteiger partial charge in [-0.1, -0.05) is 19.3 Å². The van der Waals surface area contributed by atoms with Crippen molar-refractivity contribution in [2.75, 3.05) is 13.1 Å². The molecule has 3 heteroatoms. The van der Waals surface area contributed by atoms with Gasteiger partial charge in [0.05, 0.1) is 11.7 Å². The molecule has 0 saturated heterocycles. The minimum absolute atomic E-state index is 0.0613. The second-order valence-electron chi connectivity index (χ2n) is 6.09. The van der Waals surface area contributed by atoms with Crippen LogP contribution in [0.15, 0.2) is 0 Å². The maximum absolute atomic E-state index is 10.3. The summed E-state index contributed by atoms with van der Waals surface area (Å²) in [6, 6.07) is 0. The molecule has 0 aromatic carbocycles. The van der Waals surface area contributed by atoms with E-state index < -0.39 is 5.60 Å². The Kier molecular flexibility index (Phi) is 4.83. The second kappa shape index (κ2) is 6.17. The van der Waals surface area contributed by atoms with E-state index >= 15 is 0 Å². The molecule has 3 N–H and O–H groups in total. The van der Waals surface area contributed by atoms with Crippen molar-refractivity contribution in [2.24, 2.45) is 5.92 Å². The first kappa shape index (κ1) is 13.3. The van der Waals surface area contributed by atoms with E-state index in [0.29, 0.717) is 5.92 Å². The van der Waals surface area contributed by atoms with Crippen molar-refractivity contribution < 1.29 is 10.2 Å². The fourth-order valence-corrected chi connectivity index (χ4v) is 3.24. The first-order valence-electron chi connectivity index (χ1n) is 7.29. The number of aliphatic hydroxyl groups is 2. The van der Waals surface area contributed by atoms with Gasteiger partial charge in [-0.3, -0.25) is 0 Å². The SMILES string of the molecule is OC1CCC(CNCC2(O)CCCCC2)CC1. The Balaban J connectivity index is 1.62. The van der Waals surface area contributed by atoms with Gasteiger partial charge in [0.25, 0.3) is 0 Å². The number of aliphatic hydroxyl groups excluding tert-OH is 1. The van der Waals surface area contributed by atoms with E-state index in [1.807, 2.05) is 0 Å². The van der Waals surface area contributed by atoms with Crippen molar-refractivity contribution in [3.05, 3.63) is 0 Å². The fraction of sp³-hybridized carbons (Fsp3) is 1.00. The molecule has 2 fully saturated rings. The van der Waals surface area contributed by atoms with Crippen LogP contribution in [0.2, 0.25) is 0 Å². The van der Waals surface area contributed by atoms with Crippen LogP contribution in [0.5, 0.6) is 0 Å². The Labute approximate surface area is 105 Å². The molecule has 0 aromatic heterocycles. The molecule has 0 radical (unpaired) electrons. The van der Waals surface area contributed by atoms with Crippen molar-refractivity contribution in [2.45, 2.75) is 69.5 Å². The maximum atomic E-state index is 10.3. The van der Waals surface area contributed by atoms with Gasteiger partial charge in [0.2, 0.25) is 0 Å². The highest BCUT2D eigenvalue weighted by atomic mass is 16.3. The summed E-state index contributed by atoms with van der Waals surface area (Å²) < 4.78 is 0. The molecule has 0 heterocycles. The van der Waals surface area contributed by atoms with E-state index in [-0.39, 0.29) is 6.10 Å². The van der Waals surface area contributed by atoms with Crippen molar-refractivity contribution in [1.29, 1.82) is 0 Å². The molecule has 0 unspecified atom stereocenters. The largest absolute Gasteiger partial charge is 0.393 e. The topological polar surface area (TPSA) is 52.5 Å². The van der Waals surface area contributed by atoms with E-state index in [0.717, 1.165) is 51.6 Å². The zero-order valence-electron chi connectivity index (χ0n) is 10.8. The van der Waals surface area contributed by atoms with Gasteiger partial charge in [-0.15, -0.1) is 0 Å². The third-order valence-electron chi connectivity index (χ3n) is 4.49. The Hall–Kier alpha value is -0.120. The van der Waals surface area contributed by atoms with Crippen molar-refractivity contribution >= 4 is 0 Å². The highest BCUT2D eigenvalue weighted by molar-refractivity contribution is 4.85. The monoisotopic (exact) mass is 241 g/mol. The molecule has 0 spiro atoms. The predicted molar refractivity (Wildman–Crippen MR) is 68.9 cm³/mol. The third kappa shape index (κ3) is 4.23. The van der Waals surface area contributed by atoms with Gasteiger partial charge in [-0.25, -0.2) is 0 Å². The summed E-state index contributed by atoms with van der Waals surface area (Å²) in [6.45, 7) is 1.76. The van der Waals surface area contributed by atoms with Gasteiger partial charge >= 0.3 is 0 Å². The summed E-state index contributed by atoms with van der Waals surface area (Å²) in [5, 5.41) is 23.2. The van der Waals surface area contributed by atoms with Crippen molar-refractivity contribution in [3.8, 4) is 0 Å². The Morgan fingerprint density at radius 2 is 1.65 bits per heavy atom. The summed E-state index contributed by atoms with van der Waals surface area (Å²) in [5.74, 6) is 0.700.